The monoisotopic (exact) mass is 588 g/mol. The van der Waals surface area contributed by atoms with E-state index < -0.39 is 0 Å². The number of alkyl halides is 1. The van der Waals surface area contributed by atoms with E-state index in [-0.39, 0.29) is 48.2 Å². The molecule has 0 bridgehead atoms. The molecule has 13 heteroatoms. The lowest BCUT2D eigenvalue weighted by molar-refractivity contribution is 0.224. The minimum atomic E-state index is 0. The lowest BCUT2D eigenvalue weighted by atomic mass is 10.1. The van der Waals surface area contributed by atoms with E-state index in [1.807, 2.05) is 19.1 Å². The van der Waals surface area contributed by atoms with Crippen molar-refractivity contribution in [3.63, 3.8) is 0 Å². The highest BCUT2D eigenvalue weighted by Crippen LogP contribution is 2.28. The molecular formula is C23H40Cl4N6O3. The SMILES string of the molecule is Cc1ccc(OCCCl)c(Cn2c(NC3CCN(CCN)CC3)nc3c2CCC=C3)n1.Cl.Cl.Cl.O.O. The van der Waals surface area contributed by atoms with Gasteiger partial charge in [0.15, 0.2) is 0 Å². The Morgan fingerprint density at radius 3 is 2.53 bits per heavy atom. The van der Waals surface area contributed by atoms with Crippen molar-refractivity contribution in [1.82, 2.24) is 19.4 Å². The number of imidazole rings is 1. The molecule has 1 fully saturated rings. The molecule has 0 spiro atoms. The number of nitrogens with two attached hydrogens (primary N) is 1. The number of hydrogen-bond acceptors (Lipinski definition) is 6. The third kappa shape index (κ3) is 9.22. The molecular weight excluding hydrogens is 550 g/mol. The van der Waals surface area contributed by atoms with Crippen LogP contribution in [0.2, 0.25) is 0 Å². The molecule has 0 unspecified atom stereocenters. The minimum absolute atomic E-state index is 0. The number of piperidine rings is 1. The molecule has 0 amide bonds. The molecule has 0 aromatic carbocycles. The summed E-state index contributed by atoms with van der Waals surface area (Å²) >= 11 is 5.85. The molecule has 0 saturated carbocycles. The first kappa shape index (κ1) is 36.9. The third-order valence-electron chi connectivity index (χ3n) is 6.01. The number of likely N-dealkylation sites (tertiary alicyclic amines) is 1. The maximum Gasteiger partial charge on any atom is 0.204 e. The molecule has 36 heavy (non-hydrogen) atoms. The minimum Gasteiger partial charge on any atom is -0.490 e. The van der Waals surface area contributed by atoms with Crippen LogP contribution < -0.4 is 15.8 Å². The first-order chi connectivity index (χ1) is 15.2. The number of halogens is 4. The van der Waals surface area contributed by atoms with Gasteiger partial charge in [-0.2, -0.15) is 0 Å². The summed E-state index contributed by atoms with van der Waals surface area (Å²) in [5, 5.41) is 3.74. The van der Waals surface area contributed by atoms with Gasteiger partial charge in [0.05, 0.1) is 18.1 Å². The van der Waals surface area contributed by atoms with Crippen LogP contribution in [0.3, 0.4) is 0 Å². The first-order valence-electron chi connectivity index (χ1n) is 11.3. The number of ether oxygens (including phenoxy) is 1. The number of aryl methyl sites for hydroxylation is 1. The van der Waals surface area contributed by atoms with Crippen molar-refractivity contribution in [3.8, 4) is 5.75 Å². The van der Waals surface area contributed by atoms with E-state index in [1.165, 1.54) is 5.69 Å². The molecule has 2 aromatic rings. The number of nitrogens with zero attached hydrogens (tertiary/aromatic N) is 4. The zero-order valence-electron chi connectivity index (χ0n) is 20.5. The zero-order chi connectivity index (χ0) is 21.6. The molecule has 3 heterocycles. The number of anilines is 1. The number of pyridine rings is 1. The molecule has 1 aliphatic carbocycles. The number of nitrogens with one attached hydrogen (secondary N) is 1. The Kier molecular flexibility index (Phi) is 18.5. The van der Waals surface area contributed by atoms with Crippen molar-refractivity contribution < 1.29 is 15.7 Å². The van der Waals surface area contributed by atoms with Crippen LogP contribution >= 0.6 is 48.8 Å². The number of fused-ring (bicyclic) bond motifs is 1. The standard InChI is InChI=1S/C23H33ClN6O.3ClH.2H2O/c1-17-6-7-22(31-15-10-24)20(26-17)16-30-21-5-3-2-4-19(21)28-23(30)27-18-8-12-29(13-9-18)14-11-25;;;;;/h2,4,6-7,18H,3,5,8-16,25H2,1H3,(H,27,28);3*1H;2*1H2. The largest absolute Gasteiger partial charge is 0.490 e. The van der Waals surface area contributed by atoms with Crippen LogP contribution in [0.25, 0.3) is 6.08 Å². The lowest BCUT2D eigenvalue weighted by Crippen LogP contribution is -2.41. The highest BCUT2D eigenvalue weighted by Gasteiger charge is 2.24. The van der Waals surface area contributed by atoms with Gasteiger partial charge in [0.2, 0.25) is 5.95 Å². The molecule has 9 nitrogen and oxygen atoms in total. The molecule has 0 atom stereocenters. The van der Waals surface area contributed by atoms with Gasteiger partial charge in [0.1, 0.15) is 18.1 Å². The Bertz CT molecular complexity index is 923. The van der Waals surface area contributed by atoms with Crippen LogP contribution in [0.5, 0.6) is 5.75 Å². The number of rotatable bonds is 9. The average molecular weight is 590 g/mol. The van der Waals surface area contributed by atoms with Crippen molar-refractivity contribution in [3.05, 3.63) is 41.0 Å². The Balaban J connectivity index is 0. The van der Waals surface area contributed by atoms with Crippen LogP contribution in [0.4, 0.5) is 5.95 Å². The van der Waals surface area contributed by atoms with E-state index >= 15 is 0 Å². The molecule has 4 rings (SSSR count). The summed E-state index contributed by atoms with van der Waals surface area (Å²) in [6.45, 7) is 6.95. The van der Waals surface area contributed by atoms with Crippen molar-refractivity contribution in [2.45, 2.75) is 45.2 Å². The summed E-state index contributed by atoms with van der Waals surface area (Å²) in [6, 6.07) is 4.39. The Labute approximate surface area is 237 Å². The zero-order valence-corrected chi connectivity index (χ0v) is 23.7. The number of aromatic nitrogens is 3. The predicted octanol–water partition coefficient (Wildman–Crippen LogP) is 2.66. The van der Waals surface area contributed by atoms with Gasteiger partial charge in [-0.25, -0.2) is 4.98 Å². The van der Waals surface area contributed by atoms with Crippen LogP contribution in [0.1, 0.15) is 42.0 Å². The van der Waals surface area contributed by atoms with Crippen molar-refractivity contribution in [2.75, 3.05) is 44.0 Å². The van der Waals surface area contributed by atoms with Gasteiger partial charge in [-0.3, -0.25) is 4.98 Å². The number of allylic oxidation sites excluding steroid dienone is 1. The quantitative estimate of drug-likeness (QED) is 0.430. The second-order valence-corrected chi connectivity index (χ2v) is 8.66. The normalized spacial score (nSPS) is 14.6. The second kappa shape index (κ2) is 18.0. The van der Waals surface area contributed by atoms with Crippen LogP contribution in [-0.4, -0.2) is 75.1 Å². The van der Waals surface area contributed by atoms with Gasteiger partial charge in [-0.15, -0.1) is 48.8 Å². The van der Waals surface area contributed by atoms with Gasteiger partial charge in [0, 0.05) is 43.6 Å². The van der Waals surface area contributed by atoms with Crippen molar-refractivity contribution in [2.24, 2.45) is 5.73 Å². The summed E-state index contributed by atoms with van der Waals surface area (Å²) in [5.41, 5.74) is 9.93. The highest BCUT2D eigenvalue weighted by atomic mass is 35.5. The van der Waals surface area contributed by atoms with Gasteiger partial charge >= 0.3 is 0 Å². The Morgan fingerprint density at radius 2 is 1.86 bits per heavy atom. The van der Waals surface area contributed by atoms with E-state index in [4.69, 9.17) is 32.0 Å². The summed E-state index contributed by atoms with van der Waals surface area (Å²) in [7, 11) is 0. The van der Waals surface area contributed by atoms with Gasteiger partial charge < -0.3 is 36.2 Å². The van der Waals surface area contributed by atoms with Gasteiger partial charge in [-0.05, 0) is 50.8 Å². The molecule has 208 valence electrons. The van der Waals surface area contributed by atoms with E-state index in [9.17, 15) is 0 Å². The number of hydrogen-bond donors (Lipinski definition) is 2. The van der Waals surface area contributed by atoms with Gasteiger partial charge in [-0.1, -0.05) is 6.08 Å². The second-order valence-electron chi connectivity index (χ2n) is 8.28. The van der Waals surface area contributed by atoms with E-state index in [1.54, 1.807) is 0 Å². The fourth-order valence-corrected chi connectivity index (χ4v) is 4.48. The highest BCUT2D eigenvalue weighted by molar-refractivity contribution is 6.18. The molecule has 2 aromatic heterocycles. The summed E-state index contributed by atoms with van der Waals surface area (Å²) in [5.74, 6) is 2.18. The molecule has 0 radical (unpaired) electrons. The maximum atomic E-state index is 5.88. The summed E-state index contributed by atoms with van der Waals surface area (Å²) in [6.07, 6.45) is 8.56. The van der Waals surface area contributed by atoms with Gasteiger partial charge in [0.25, 0.3) is 0 Å². The average Bonchev–Trinajstić information content (AvgIpc) is 3.12. The molecule has 1 aliphatic heterocycles. The smallest absolute Gasteiger partial charge is 0.204 e. The molecule has 2 aliphatic rings. The van der Waals surface area contributed by atoms with Crippen molar-refractivity contribution >= 4 is 60.8 Å². The maximum absolute atomic E-state index is 5.88. The van der Waals surface area contributed by atoms with Crippen molar-refractivity contribution in [1.29, 1.82) is 0 Å². The molecule has 1 saturated heterocycles. The fourth-order valence-electron chi connectivity index (χ4n) is 4.40. The first-order valence-corrected chi connectivity index (χ1v) is 11.8. The van der Waals surface area contributed by atoms with Crippen LogP contribution in [-0.2, 0) is 13.0 Å². The predicted molar refractivity (Wildman–Crippen MR) is 155 cm³/mol. The van der Waals surface area contributed by atoms with E-state index in [2.05, 4.69) is 26.9 Å². The third-order valence-corrected chi connectivity index (χ3v) is 6.16. The Morgan fingerprint density at radius 1 is 1.14 bits per heavy atom. The van der Waals surface area contributed by atoms with E-state index in [0.717, 1.165) is 80.6 Å². The fraction of sp³-hybridized carbons (Fsp3) is 0.565. The topological polar surface area (TPSA) is 144 Å². The molecule has 7 N–H and O–H groups in total. The van der Waals surface area contributed by atoms with Crippen LogP contribution in [0.15, 0.2) is 18.2 Å². The van der Waals surface area contributed by atoms with E-state index in [0.29, 0.717) is 25.1 Å². The summed E-state index contributed by atoms with van der Waals surface area (Å²) in [4.78, 5) is 12.2. The van der Waals surface area contributed by atoms with Crippen LogP contribution in [0, 0.1) is 6.92 Å². The summed E-state index contributed by atoms with van der Waals surface area (Å²) < 4.78 is 8.17. The lowest BCUT2D eigenvalue weighted by Gasteiger charge is -2.32. The Hall–Kier alpha value is -1.30.